The maximum absolute atomic E-state index is 11.7. The van der Waals surface area contributed by atoms with Gasteiger partial charge in [0, 0.05) is 13.1 Å². The predicted octanol–water partition coefficient (Wildman–Crippen LogP) is 3.18. The predicted molar refractivity (Wildman–Crippen MR) is 89.9 cm³/mol. The lowest BCUT2D eigenvalue weighted by Crippen LogP contribution is -2.35. The molecule has 2 aliphatic heterocycles. The van der Waals surface area contributed by atoms with Crippen molar-refractivity contribution >= 4 is 6.29 Å². The van der Waals surface area contributed by atoms with E-state index in [-0.39, 0.29) is 6.04 Å². The molecule has 1 aromatic carbocycles. The van der Waals surface area contributed by atoms with E-state index in [1.165, 1.54) is 48.9 Å². The van der Waals surface area contributed by atoms with Crippen LogP contribution >= 0.6 is 0 Å². The van der Waals surface area contributed by atoms with E-state index < -0.39 is 0 Å². The van der Waals surface area contributed by atoms with Crippen LogP contribution in [0.5, 0.6) is 0 Å². The molecule has 22 heavy (non-hydrogen) atoms. The summed E-state index contributed by atoms with van der Waals surface area (Å²) in [6.45, 7) is 7.77. The van der Waals surface area contributed by atoms with E-state index in [1.807, 2.05) is 0 Å². The van der Waals surface area contributed by atoms with Gasteiger partial charge in [0.1, 0.15) is 6.29 Å². The van der Waals surface area contributed by atoms with E-state index in [1.54, 1.807) is 0 Å². The Balaban J connectivity index is 1.76. The number of carbonyl (C=O) groups excluding carboxylic acids is 1. The van der Waals surface area contributed by atoms with Crippen molar-refractivity contribution in [2.24, 2.45) is 0 Å². The molecule has 3 nitrogen and oxygen atoms in total. The lowest BCUT2D eigenvalue weighted by atomic mass is 9.94. The molecular weight excluding hydrogens is 272 g/mol. The Kier molecular flexibility index (Phi) is 5.27. The highest BCUT2D eigenvalue weighted by atomic mass is 16.1. The molecule has 0 saturated carbocycles. The van der Waals surface area contributed by atoms with Crippen LogP contribution in [0.15, 0.2) is 18.2 Å². The van der Waals surface area contributed by atoms with Gasteiger partial charge in [-0.25, -0.2) is 0 Å². The van der Waals surface area contributed by atoms with Crippen LogP contribution in [0.4, 0.5) is 0 Å². The molecule has 3 rings (SSSR count). The van der Waals surface area contributed by atoms with Crippen LogP contribution in [0.3, 0.4) is 0 Å². The summed E-state index contributed by atoms with van der Waals surface area (Å²) in [6.07, 6.45) is 7.23. The molecule has 1 fully saturated rings. The summed E-state index contributed by atoms with van der Waals surface area (Å²) in [5.74, 6) is 0. The number of nitrogens with zero attached hydrogens (tertiary/aromatic N) is 2. The largest absolute Gasteiger partial charge is 0.301 e. The number of rotatable bonds is 5. The summed E-state index contributed by atoms with van der Waals surface area (Å²) in [6, 6.07) is 6.69. The third-order valence-electron chi connectivity index (χ3n) is 5.12. The molecule has 3 heteroatoms. The Bertz CT molecular complexity index is 508. The highest BCUT2D eigenvalue weighted by molar-refractivity contribution is 5.62. The fourth-order valence-electron chi connectivity index (χ4n) is 3.89. The molecule has 1 unspecified atom stereocenters. The van der Waals surface area contributed by atoms with Crippen molar-refractivity contribution in [3.05, 3.63) is 34.9 Å². The van der Waals surface area contributed by atoms with Gasteiger partial charge in [-0.1, -0.05) is 31.5 Å². The Morgan fingerprint density at radius 3 is 2.68 bits per heavy atom. The van der Waals surface area contributed by atoms with Gasteiger partial charge in [-0.15, -0.1) is 0 Å². The van der Waals surface area contributed by atoms with Gasteiger partial charge in [-0.2, -0.15) is 0 Å². The van der Waals surface area contributed by atoms with E-state index in [0.29, 0.717) is 0 Å². The average Bonchev–Trinajstić information content (AvgIpc) is 2.57. The van der Waals surface area contributed by atoms with Crippen molar-refractivity contribution in [3.63, 3.8) is 0 Å². The molecule has 2 heterocycles. The van der Waals surface area contributed by atoms with Crippen LogP contribution in [0.2, 0.25) is 0 Å². The topological polar surface area (TPSA) is 23.6 Å². The Morgan fingerprint density at radius 2 is 1.95 bits per heavy atom. The minimum atomic E-state index is -0.0423. The molecule has 0 bridgehead atoms. The van der Waals surface area contributed by atoms with Gasteiger partial charge in [0.25, 0.3) is 0 Å². The van der Waals surface area contributed by atoms with Gasteiger partial charge < -0.3 is 4.79 Å². The molecule has 0 aliphatic carbocycles. The number of fused-ring (bicyclic) bond motifs is 1. The van der Waals surface area contributed by atoms with Crippen LogP contribution in [0, 0.1) is 0 Å². The number of hydrogen-bond donors (Lipinski definition) is 0. The summed E-state index contributed by atoms with van der Waals surface area (Å²) in [5, 5.41) is 0. The SMILES string of the molecule is CCCN1CCc2cc(C(C=O)N3CCCCC3)ccc2C1. The molecule has 2 aliphatic rings. The maximum atomic E-state index is 11.7. The highest BCUT2D eigenvalue weighted by Crippen LogP contribution is 2.27. The Labute approximate surface area is 134 Å². The van der Waals surface area contributed by atoms with Gasteiger partial charge >= 0.3 is 0 Å². The van der Waals surface area contributed by atoms with Crippen molar-refractivity contribution in [2.45, 2.75) is 51.6 Å². The van der Waals surface area contributed by atoms with Crippen LogP contribution in [0.25, 0.3) is 0 Å². The average molecular weight is 300 g/mol. The van der Waals surface area contributed by atoms with Gasteiger partial charge in [-0.3, -0.25) is 9.80 Å². The quantitative estimate of drug-likeness (QED) is 0.780. The second-order valence-corrected chi connectivity index (χ2v) is 6.73. The van der Waals surface area contributed by atoms with Gasteiger partial charge in [0.05, 0.1) is 6.04 Å². The molecular formula is C19H28N2O. The first-order valence-corrected chi connectivity index (χ1v) is 8.85. The molecule has 120 valence electrons. The molecule has 0 spiro atoms. The van der Waals surface area contributed by atoms with E-state index >= 15 is 0 Å². The van der Waals surface area contributed by atoms with Gasteiger partial charge in [0.2, 0.25) is 0 Å². The standard InChI is InChI=1S/C19H28N2O/c1-2-9-20-12-8-16-13-17(6-7-18(16)14-20)19(15-22)21-10-4-3-5-11-21/h6-7,13,15,19H,2-5,8-12,14H2,1H3. The number of hydrogen-bond acceptors (Lipinski definition) is 3. The number of likely N-dealkylation sites (tertiary alicyclic amines) is 1. The molecule has 0 amide bonds. The maximum Gasteiger partial charge on any atom is 0.141 e. The normalized spacial score (nSPS) is 21.3. The Hall–Kier alpha value is -1.19. The van der Waals surface area contributed by atoms with Gasteiger partial charge in [-0.05, 0) is 62.0 Å². The molecule has 0 aromatic heterocycles. The molecule has 1 atom stereocenters. The molecule has 1 saturated heterocycles. The summed E-state index contributed by atoms with van der Waals surface area (Å²) in [7, 11) is 0. The summed E-state index contributed by atoms with van der Waals surface area (Å²) < 4.78 is 0. The number of piperidine rings is 1. The summed E-state index contributed by atoms with van der Waals surface area (Å²) in [4.78, 5) is 16.5. The summed E-state index contributed by atoms with van der Waals surface area (Å²) >= 11 is 0. The second-order valence-electron chi connectivity index (χ2n) is 6.73. The highest BCUT2D eigenvalue weighted by Gasteiger charge is 2.23. The van der Waals surface area contributed by atoms with E-state index in [0.717, 1.165) is 38.9 Å². The second kappa shape index (κ2) is 7.38. The van der Waals surface area contributed by atoms with E-state index in [9.17, 15) is 4.79 Å². The minimum Gasteiger partial charge on any atom is -0.301 e. The van der Waals surface area contributed by atoms with E-state index in [4.69, 9.17) is 0 Å². The zero-order chi connectivity index (χ0) is 15.4. The zero-order valence-corrected chi connectivity index (χ0v) is 13.8. The van der Waals surface area contributed by atoms with Gasteiger partial charge in [0.15, 0.2) is 0 Å². The monoisotopic (exact) mass is 300 g/mol. The number of aldehydes is 1. The van der Waals surface area contributed by atoms with E-state index in [2.05, 4.69) is 34.9 Å². The zero-order valence-electron chi connectivity index (χ0n) is 13.8. The first-order valence-electron chi connectivity index (χ1n) is 8.85. The number of carbonyl (C=O) groups is 1. The third kappa shape index (κ3) is 3.41. The number of benzene rings is 1. The van der Waals surface area contributed by atoms with Crippen LogP contribution in [-0.2, 0) is 17.8 Å². The first kappa shape index (κ1) is 15.7. The lowest BCUT2D eigenvalue weighted by molar-refractivity contribution is -0.113. The molecule has 0 radical (unpaired) electrons. The van der Waals surface area contributed by atoms with Crippen molar-refractivity contribution in [1.29, 1.82) is 0 Å². The Morgan fingerprint density at radius 1 is 1.14 bits per heavy atom. The van der Waals surface area contributed by atoms with Crippen LogP contribution in [-0.4, -0.2) is 42.3 Å². The minimum absolute atomic E-state index is 0.0423. The smallest absolute Gasteiger partial charge is 0.141 e. The van der Waals surface area contributed by atoms with Crippen molar-refractivity contribution in [3.8, 4) is 0 Å². The fraction of sp³-hybridized carbons (Fsp3) is 0.632. The van der Waals surface area contributed by atoms with Crippen molar-refractivity contribution in [1.82, 2.24) is 9.80 Å². The lowest BCUT2D eigenvalue weighted by Gasteiger charge is -2.33. The fourth-order valence-corrected chi connectivity index (χ4v) is 3.89. The van der Waals surface area contributed by atoms with Crippen molar-refractivity contribution in [2.75, 3.05) is 26.2 Å². The van der Waals surface area contributed by atoms with Crippen LogP contribution < -0.4 is 0 Å². The molecule has 0 N–H and O–H groups in total. The summed E-state index contributed by atoms with van der Waals surface area (Å²) in [5.41, 5.74) is 4.10. The third-order valence-corrected chi connectivity index (χ3v) is 5.12. The molecule has 1 aromatic rings. The van der Waals surface area contributed by atoms with Crippen LogP contribution in [0.1, 0.15) is 55.3 Å². The van der Waals surface area contributed by atoms with Crippen molar-refractivity contribution < 1.29 is 4.79 Å². The first-order chi connectivity index (χ1) is 10.8.